The lowest BCUT2D eigenvalue weighted by atomic mass is 10.3. The number of hydrogen-bond acceptors (Lipinski definition) is 2. The highest BCUT2D eigenvalue weighted by molar-refractivity contribution is 5.81. The third kappa shape index (κ3) is 2.74. The second-order valence-electron chi connectivity index (χ2n) is 2.84. The molecule has 2 nitrogen and oxygen atoms in total. The summed E-state index contributed by atoms with van der Waals surface area (Å²) in [7, 11) is 0. The van der Waals surface area contributed by atoms with Crippen LogP contribution < -0.4 is 0 Å². The molecular weight excluding hydrogens is 140 g/mol. The van der Waals surface area contributed by atoms with Crippen molar-refractivity contribution in [3.63, 3.8) is 0 Å². The van der Waals surface area contributed by atoms with E-state index in [4.69, 9.17) is 4.74 Å². The summed E-state index contributed by atoms with van der Waals surface area (Å²) in [6.45, 7) is 1.82. The Balaban J connectivity index is 2.23. The molecule has 1 fully saturated rings. The zero-order valence-electron chi connectivity index (χ0n) is 6.88. The molecule has 0 saturated heterocycles. The maximum atomic E-state index is 10.9. The lowest BCUT2D eigenvalue weighted by Gasteiger charge is -2.08. The monoisotopic (exact) mass is 154 g/mol. The standard InChI is InChI=1S/C9H14O2/c1-2-5-9(10)11-8-6-3-4-7-8/h2,5,8H,3-4,6-7H2,1H3/b5-2-. The predicted octanol–water partition coefficient (Wildman–Crippen LogP) is 2.05. The Morgan fingerprint density at radius 1 is 1.45 bits per heavy atom. The van der Waals surface area contributed by atoms with Crippen LogP contribution in [-0.2, 0) is 9.53 Å². The molecule has 1 rings (SSSR count). The van der Waals surface area contributed by atoms with Crippen molar-refractivity contribution >= 4 is 5.97 Å². The van der Waals surface area contributed by atoms with Gasteiger partial charge in [-0.15, -0.1) is 0 Å². The fourth-order valence-electron chi connectivity index (χ4n) is 1.35. The zero-order valence-corrected chi connectivity index (χ0v) is 6.88. The first-order chi connectivity index (χ1) is 5.33. The number of carbonyl (C=O) groups excluding carboxylic acids is 1. The van der Waals surface area contributed by atoms with Crippen molar-refractivity contribution in [2.75, 3.05) is 0 Å². The third-order valence-corrected chi connectivity index (χ3v) is 1.89. The average molecular weight is 154 g/mol. The van der Waals surface area contributed by atoms with Crippen LogP contribution in [0.2, 0.25) is 0 Å². The van der Waals surface area contributed by atoms with Crippen molar-refractivity contribution in [1.29, 1.82) is 0 Å². The molecule has 0 unspecified atom stereocenters. The van der Waals surface area contributed by atoms with Gasteiger partial charge in [0.05, 0.1) is 0 Å². The normalized spacial score (nSPS) is 19.4. The maximum Gasteiger partial charge on any atom is 0.330 e. The van der Waals surface area contributed by atoms with E-state index in [1.807, 2.05) is 6.92 Å². The van der Waals surface area contributed by atoms with E-state index in [9.17, 15) is 4.79 Å². The van der Waals surface area contributed by atoms with Crippen molar-refractivity contribution in [2.24, 2.45) is 0 Å². The van der Waals surface area contributed by atoms with Gasteiger partial charge >= 0.3 is 5.97 Å². The van der Waals surface area contributed by atoms with Gasteiger partial charge in [0.1, 0.15) is 6.10 Å². The molecule has 1 aliphatic rings. The molecule has 1 aliphatic carbocycles. The zero-order chi connectivity index (χ0) is 8.10. The Morgan fingerprint density at radius 2 is 2.09 bits per heavy atom. The lowest BCUT2D eigenvalue weighted by molar-refractivity contribution is -0.142. The van der Waals surface area contributed by atoms with Crippen LogP contribution in [0.25, 0.3) is 0 Å². The van der Waals surface area contributed by atoms with E-state index < -0.39 is 0 Å². The van der Waals surface area contributed by atoms with E-state index in [0.717, 1.165) is 12.8 Å². The molecule has 0 atom stereocenters. The predicted molar refractivity (Wildman–Crippen MR) is 43.2 cm³/mol. The molecule has 1 saturated carbocycles. The number of hydrogen-bond donors (Lipinski definition) is 0. The fourth-order valence-corrected chi connectivity index (χ4v) is 1.35. The fraction of sp³-hybridized carbons (Fsp3) is 0.667. The summed E-state index contributed by atoms with van der Waals surface area (Å²) in [5.41, 5.74) is 0. The van der Waals surface area contributed by atoms with Crippen molar-refractivity contribution in [3.05, 3.63) is 12.2 Å². The first kappa shape index (κ1) is 8.31. The van der Waals surface area contributed by atoms with E-state index in [0.29, 0.717) is 0 Å². The number of allylic oxidation sites excluding steroid dienone is 1. The van der Waals surface area contributed by atoms with Crippen molar-refractivity contribution in [3.8, 4) is 0 Å². The molecule has 0 heterocycles. The Kier molecular flexibility index (Phi) is 3.14. The molecular formula is C9H14O2. The van der Waals surface area contributed by atoms with E-state index in [2.05, 4.69) is 0 Å². The van der Waals surface area contributed by atoms with Gasteiger partial charge in [0, 0.05) is 6.08 Å². The first-order valence-electron chi connectivity index (χ1n) is 4.16. The Morgan fingerprint density at radius 3 is 2.64 bits per heavy atom. The largest absolute Gasteiger partial charge is 0.459 e. The van der Waals surface area contributed by atoms with Crippen LogP contribution in [0.15, 0.2) is 12.2 Å². The van der Waals surface area contributed by atoms with Gasteiger partial charge < -0.3 is 4.74 Å². The van der Waals surface area contributed by atoms with Gasteiger partial charge in [-0.25, -0.2) is 4.79 Å². The topological polar surface area (TPSA) is 26.3 Å². The van der Waals surface area contributed by atoms with Gasteiger partial charge in [-0.2, -0.15) is 0 Å². The molecule has 0 bridgehead atoms. The lowest BCUT2D eigenvalue weighted by Crippen LogP contribution is -2.12. The van der Waals surface area contributed by atoms with Crippen LogP contribution in [0.1, 0.15) is 32.6 Å². The molecule has 0 radical (unpaired) electrons. The summed E-state index contributed by atoms with van der Waals surface area (Å²) < 4.78 is 5.13. The highest BCUT2D eigenvalue weighted by Crippen LogP contribution is 2.20. The number of ether oxygens (including phenoxy) is 1. The molecule has 0 aromatic carbocycles. The van der Waals surface area contributed by atoms with E-state index in [1.165, 1.54) is 18.9 Å². The van der Waals surface area contributed by atoms with Gasteiger partial charge in [-0.1, -0.05) is 6.08 Å². The Hall–Kier alpha value is -0.790. The third-order valence-electron chi connectivity index (χ3n) is 1.89. The van der Waals surface area contributed by atoms with Gasteiger partial charge in [0.2, 0.25) is 0 Å². The van der Waals surface area contributed by atoms with Crippen LogP contribution in [-0.4, -0.2) is 12.1 Å². The van der Waals surface area contributed by atoms with Crippen LogP contribution in [0, 0.1) is 0 Å². The summed E-state index contributed by atoms with van der Waals surface area (Å²) in [5.74, 6) is -0.195. The summed E-state index contributed by atoms with van der Waals surface area (Å²) in [6.07, 6.45) is 7.86. The van der Waals surface area contributed by atoms with Crippen molar-refractivity contribution in [2.45, 2.75) is 38.7 Å². The summed E-state index contributed by atoms with van der Waals surface area (Å²) in [5, 5.41) is 0. The van der Waals surface area contributed by atoms with Crippen LogP contribution >= 0.6 is 0 Å². The number of carbonyl (C=O) groups is 1. The summed E-state index contributed by atoms with van der Waals surface area (Å²) in [4.78, 5) is 10.9. The van der Waals surface area contributed by atoms with Gasteiger partial charge in [0.15, 0.2) is 0 Å². The quantitative estimate of drug-likeness (QED) is 0.449. The first-order valence-corrected chi connectivity index (χ1v) is 4.16. The molecule has 11 heavy (non-hydrogen) atoms. The Bertz CT molecular complexity index is 155. The van der Waals surface area contributed by atoms with Crippen LogP contribution in [0.3, 0.4) is 0 Å². The minimum Gasteiger partial charge on any atom is -0.459 e. The van der Waals surface area contributed by atoms with Gasteiger partial charge in [-0.05, 0) is 32.6 Å². The molecule has 0 amide bonds. The highest BCUT2D eigenvalue weighted by atomic mass is 16.5. The summed E-state index contributed by atoms with van der Waals surface area (Å²) in [6, 6.07) is 0. The minimum atomic E-state index is -0.195. The second-order valence-corrected chi connectivity index (χ2v) is 2.84. The molecule has 0 aromatic heterocycles. The minimum absolute atomic E-state index is 0.193. The van der Waals surface area contributed by atoms with Crippen LogP contribution in [0.5, 0.6) is 0 Å². The molecule has 0 spiro atoms. The molecule has 62 valence electrons. The number of esters is 1. The van der Waals surface area contributed by atoms with Gasteiger partial charge in [0.25, 0.3) is 0 Å². The van der Waals surface area contributed by atoms with Crippen molar-refractivity contribution in [1.82, 2.24) is 0 Å². The smallest absolute Gasteiger partial charge is 0.330 e. The Labute approximate surface area is 67.2 Å². The maximum absolute atomic E-state index is 10.9. The molecule has 0 aliphatic heterocycles. The summed E-state index contributed by atoms with van der Waals surface area (Å²) >= 11 is 0. The second kappa shape index (κ2) is 4.16. The van der Waals surface area contributed by atoms with E-state index in [1.54, 1.807) is 6.08 Å². The van der Waals surface area contributed by atoms with Crippen molar-refractivity contribution < 1.29 is 9.53 Å². The van der Waals surface area contributed by atoms with Gasteiger partial charge in [-0.3, -0.25) is 0 Å². The average Bonchev–Trinajstić information content (AvgIpc) is 2.40. The highest BCUT2D eigenvalue weighted by Gasteiger charge is 2.17. The van der Waals surface area contributed by atoms with Crippen LogP contribution in [0.4, 0.5) is 0 Å². The van der Waals surface area contributed by atoms with E-state index >= 15 is 0 Å². The number of rotatable bonds is 2. The molecule has 0 N–H and O–H groups in total. The SMILES string of the molecule is C/C=C\C(=O)OC1CCCC1. The molecule has 2 heteroatoms. The molecule has 0 aromatic rings. The van der Waals surface area contributed by atoms with E-state index in [-0.39, 0.29) is 12.1 Å².